The number of carbonyl (C=O) groups excluding carboxylic acids is 1. The number of amides is 1. The Bertz CT molecular complexity index is 472. The van der Waals surface area contributed by atoms with Crippen molar-refractivity contribution in [3.63, 3.8) is 0 Å². The summed E-state index contributed by atoms with van der Waals surface area (Å²) >= 11 is 0. The number of hydrogen-bond donors (Lipinski definition) is 2. The molecule has 0 saturated carbocycles. The number of likely N-dealkylation sites (tertiary alicyclic amines) is 1. The second-order valence-electron chi connectivity index (χ2n) is 6.33. The molecule has 0 bridgehead atoms. The number of carbonyl (C=O) groups is 1. The lowest BCUT2D eigenvalue weighted by Gasteiger charge is -2.41. The van der Waals surface area contributed by atoms with Crippen LogP contribution < -0.4 is 10.0 Å². The molecular weight excluding hydrogens is 290 g/mol. The molecule has 2 unspecified atom stereocenters. The molecule has 2 aliphatic rings. The van der Waals surface area contributed by atoms with Crippen LogP contribution in [0.3, 0.4) is 0 Å². The molecule has 2 rings (SSSR count). The quantitative estimate of drug-likeness (QED) is 0.765. The number of sulfonamides is 1. The first-order valence-electron chi connectivity index (χ1n) is 7.84. The molecular formula is C14H27N3O3S. The molecule has 0 aromatic rings. The van der Waals surface area contributed by atoms with Crippen molar-refractivity contribution in [2.75, 3.05) is 32.4 Å². The summed E-state index contributed by atoms with van der Waals surface area (Å²) in [4.78, 5) is 14.9. The van der Waals surface area contributed by atoms with Gasteiger partial charge in [-0.1, -0.05) is 6.92 Å². The molecule has 6 nitrogen and oxygen atoms in total. The maximum absolute atomic E-state index is 13.0. The van der Waals surface area contributed by atoms with E-state index in [-0.39, 0.29) is 17.4 Å². The van der Waals surface area contributed by atoms with Crippen LogP contribution in [0.2, 0.25) is 0 Å². The van der Waals surface area contributed by atoms with Crippen molar-refractivity contribution in [3.8, 4) is 0 Å². The van der Waals surface area contributed by atoms with E-state index in [0.717, 1.165) is 58.0 Å². The topological polar surface area (TPSA) is 78.5 Å². The standard InChI is InChI=1S/C14H27N3O3S/c1-3-14(7-8-15-11-14)13(18)17-9-5-4-6-12(17)10-16-21(2,19)20/h12,15-16H,3-11H2,1-2H3. The van der Waals surface area contributed by atoms with E-state index in [1.807, 2.05) is 4.90 Å². The predicted octanol–water partition coefficient (Wildman–Crippen LogP) is 0.306. The van der Waals surface area contributed by atoms with Crippen molar-refractivity contribution < 1.29 is 13.2 Å². The molecule has 0 spiro atoms. The van der Waals surface area contributed by atoms with Crippen LogP contribution in [0.5, 0.6) is 0 Å². The molecule has 122 valence electrons. The Morgan fingerprint density at radius 2 is 2.19 bits per heavy atom. The maximum Gasteiger partial charge on any atom is 0.230 e. The van der Waals surface area contributed by atoms with Crippen LogP contribution >= 0.6 is 0 Å². The van der Waals surface area contributed by atoms with Crippen LogP contribution in [0.4, 0.5) is 0 Å². The van der Waals surface area contributed by atoms with Crippen molar-refractivity contribution in [2.45, 2.75) is 45.1 Å². The van der Waals surface area contributed by atoms with Crippen LogP contribution in [0, 0.1) is 5.41 Å². The van der Waals surface area contributed by atoms with E-state index in [1.165, 1.54) is 0 Å². The third-order valence-corrected chi connectivity index (χ3v) is 5.53. The van der Waals surface area contributed by atoms with Gasteiger partial charge in [0.15, 0.2) is 0 Å². The van der Waals surface area contributed by atoms with Crippen molar-refractivity contribution in [1.29, 1.82) is 0 Å². The van der Waals surface area contributed by atoms with E-state index in [2.05, 4.69) is 17.0 Å². The van der Waals surface area contributed by atoms with Crippen LogP contribution in [0.1, 0.15) is 39.0 Å². The molecule has 2 aliphatic heterocycles. The fourth-order valence-corrected chi connectivity index (χ4v) is 3.91. The molecule has 0 aliphatic carbocycles. The molecule has 1 amide bonds. The summed E-state index contributed by atoms with van der Waals surface area (Å²) in [6, 6.07) is -0.00926. The van der Waals surface area contributed by atoms with Gasteiger partial charge in [0.25, 0.3) is 0 Å². The smallest absolute Gasteiger partial charge is 0.230 e. The highest BCUT2D eigenvalue weighted by Gasteiger charge is 2.44. The zero-order valence-electron chi connectivity index (χ0n) is 13.0. The molecule has 0 aromatic carbocycles. The molecule has 2 fully saturated rings. The summed E-state index contributed by atoms with van der Waals surface area (Å²) in [5.41, 5.74) is -0.291. The third kappa shape index (κ3) is 3.96. The van der Waals surface area contributed by atoms with Gasteiger partial charge in [-0.2, -0.15) is 0 Å². The first-order valence-corrected chi connectivity index (χ1v) is 9.73. The summed E-state index contributed by atoms with van der Waals surface area (Å²) in [7, 11) is -3.21. The second kappa shape index (κ2) is 6.62. The fourth-order valence-electron chi connectivity index (χ4n) is 3.41. The zero-order chi connectivity index (χ0) is 15.5. The summed E-state index contributed by atoms with van der Waals surface area (Å²) in [5.74, 6) is 0.204. The average molecular weight is 317 g/mol. The molecule has 2 atom stereocenters. The average Bonchev–Trinajstić information content (AvgIpc) is 2.94. The third-order valence-electron chi connectivity index (χ3n) is 4.84. The van der Waals surface area contributed by atoms with Gasteiger partial charge in [0.2, 0.25) is 15.9 Å². The largest absolute Gasteiger partial charge is 0.338 e. The fraction of sp³-hybridized carbons (Fsp3) is 0.929. The van der Waals surface area contributed by atoms with Gasteiger partial charge in [-0.3, -0.25) is 4.79 Å². The van der Waals surface area contributed by atoms with Gasteiger partial charge in [-0.15, -0.1) is 0 Å². The monoisotopic (exact) mass is 317 g/mol. The Labute approximate surface area is 127 Å². The number of nitrogens with one attached hydrogen (secondary N) is 2. The minimum Gasteiger partial charge on any atom is -0.338 e. The Kier molecular flexibility index (Phi) is 5.27. The van der Waals surface area contributed by atoms with E-state index in [9.17, 15) is 13.2 Å². The van der Waals surface area contributed by atoms with Crippen LogP contribution in [-0.4, -0.2) is 57.7 Å². The van der Waals surface area contributed by atoms with Crippen molar-refractivity contribution in [2.24, 2.45) is 5.41 Å². The maximum atomic E-state index is 13.0. The Morgan fingerprint density at radius 3 is 2.76 bits per heavy atom. The molecule has 0 radical (unpaired) electrons. The summed E-state index contributed by atoms with van der Waals surface area (Å²) in [5, 5.41) is 3.30. The van der Waals surface area contributed by atoms with Gasteiger partial charge in [-0.05, 0) is 38.6 Å². The highest BCUT2D eigenvalue weighted by atomic mass is 32.2. The van der Waals surface area contributed by atoms with E-state index in [4.69, 9.17) is 0 Å². The summed E-state index contributed by atoms with van der Waals surface area (Å²) in [6.07, 6.45) is 5.82. The van der Waals surface area contributed by atoms with Crippen LogP contribution in [0.25, 0.3) is 0 Å². The molecule has 2 heterocycles. The molecule has 21 heavy (non-hydrogen) atoms. The predicted molar refractivity (Wildman–Crippen MR) is 82.4 cm³/mol. The van der Waals surface area contributed by atoms with Crippen molar-refractivity contribution >= 4 is 15.9 Å². The lowest BCUT2D eigenvalue weighted by atomic mass is 9.81. The van der Waals surface area contributed by atoms with E-state index < -0.39 is 10.0 Å². The Morgan fingerprint density at radius 1 is 1.43 bits per heavy atom. The SMILES string of the molecule is CCC1(C(=O)N2CCCCC2CNS(C)(=O)=O)CCNC1. The Hall–Kier alpha value is -0.660. The van der Waals surface area contributed by atoms with Gasteiger partial charge < -0.3 is 10.2 Å². The molecule has 7 heteroatoms. The minimum atomic E-state index is -3.21. The van der Waals surface area contributed by atoms with Crippen LogP contribution in [-0.2, 0) is 14.8 Å². The van der Waals surface area contributed by atoms with E-state index >= 15 is 0 Å². The highest BCUT2D eigenvalue weighted by Crippen LogP contribution is 2.34. The van der Waals surface area contributed by atoms with Gasteiger partial charge in [0, 0.05) is 25.7 Å². The zero-order valence-corrected chi connectivity index (χ0v) is 13.8. The first-order chi connectivity index (χ1) is 9.88. The highest BCUT2D eigenvalue weighted by molar-refractivity contribution is 7.88. The first kappa shape index (κ1) is 16.7. The van der Waals surface area contributed by atoms with Gasteiger partial charge in [0.05, 0.1) is 11.7 Å². The van der Waals surface area contributed by atoms with Gasteiger partial charge in [-0.25, -0.2) is 13.1 Å². The lowest BCUT2D eigenvalue weighted by molar-refractivity contribution is -0.145. The molecule has 2 N–H and O–H groups in total. The summed E-state index contributed by atoms with van der Waals surface area (Å²) in [6.45, 7) is 4.78. The number of rotatable bonds is 5. The molecule has 2 saturated heterocycles. The number of nitrogens with zero attached hydrogens (tertiary/aromatic N) is 1. The van der Waals surface area contributed by atoms with Gasteiger partial charge in [0.1, 0.15) is 0 Å². The molecule has 0 aromatic heterocycles. The minimum absolute atomic E-state index is 0.00926. The van der Waals surface area contributed by atoms with Crippen molar-refractivity contribution in [3.05, 3.63) is 0 Å². The van der Waals surface area contributed by atoms with Gasteiger partial charge >= 0.3 is 0 Å². The van der Waals surface area contributed by atoms with E-state index in [0.29, 0.717) is 6.54 Å². The lowest BCUT2D eigenvalue weighted by Crippen LogP contribution is -2.54. The van der Waals surface area contributed by atoms with E-state index in [1.54, 1.807) is 0 Å². The summed E-state index contributed by atoms with van der Waals surface area (Å²) < 4.78 is 25.2. The number of piperidine rings is 1. The van der Waals surface area contributed by atoms with Crippen LogP contribution in [0.15, 0.2) is 0 Å². The van der Waals surface area contributed by atoms with Crippen molar-refractivity contribution in [1.82, 2.24) is 14.9 Å². The second-order valence-corrected chi connectivity index (χ2v) is 8.16. The Balaban J connectivity index is 2.08. The number of hydrogen-bond acceptors (Lipinski definition) is 4. The normalized spacial score (nSPS) is 30.6.